The second-order valence-electron chi connectivity index (χ2n) is 5.55. The second-order valence-corrected chi connectivity index (χ2v) is 5.55. The van der Waals surface area contributed by atoms with Crippen LogP contribution in [0.25, 0.3) is 0 Å². The summed E-state index contributed by atoms with van der Waals surface area (Å²) < 4.78 is 2.09. The van der Waals surface area contributed by atoms with E-state index in [0.717, 1.165) is 25.5 Å². The predicted molar refractivity (Wildman–Crippen MR) is 89.6 cm³/mol. The number of aliphatic imine (C=N–C) groups is 1. The molecular formula is C16H31N5. The number of rotatable bonds is 10. The molecule has 0 saturated heterocycles. The van der Waals surface area contributed by atoms with Gasteiger partial charge in [-0.2, -0.15) is 0 Å². The quantitative estimate of drug-likeness (QED) is 0.396. The van der Waals surface area contributed by atoms with Gasteiger partial charge >= 0.3 is 0 Å². The fourth-order valence-electron chi connectivity index (χ4n) is 2.26. The molecule has 2 N–H and O–H groups in total. The Bertz CT molecular complexity index is 372. The number of guanidine groups is 1. The van der Waals surface area contributed by atoms with Gasteiger partial charge in [0.25, 0.3) is 0 Å². The summed E-state index contributed by atoms with van der Waals surface area (Å²) in [7, 11) is 1.83. The van der Waals surface area contributed by atoms with E-state index in [9.17, 15) is 0 Å². The van der Waals surface area contributed by atoms with Crippen molar-refractivity contribution in [3.8, 4) is 0 Å². The fourth-order valence-corrected chi connectivity index (χ4v) is 2.26. The van der Waals surface area contributed by atoms with E-state index in [4.69, 9.17) is 0 Å². The van der Waals surface area contributed by atoms with E-state index < -0.39 is 0 Å². The van der Waals surface area contributed by atoms with Crippen LogP contribution in [0.3, 0.4) is 0 Å². The summed E-state index contributed by atoms with van der Waals surface area (Å²) in [5, 5.41) is 6.83. The number of nitrogens with one attached hydrogen (secondary N) is 2. The molecule has 5 heteroatoms. The van der Waals surface area contributed by atoms with Crippen LogP contribution in [0.5, 0.6) is 0 Å². The van der Waals surface area contributed by atoms with Gasteiger partial charge in [-0.3, -0.25) is 4.99 Å². The molecule has 1 aromatic heterocycles. The van der Waals surface area contributed by atoms with E-state index in [-0.39, 0.29) is 0 Å². The maximum absolute atomic E-state index is 4.28. The molecule has 0 aliphatic rings. The molecule has 1 heterocycles. The van der Waals surface area contributed by atoms with Crippen LogP contribution in [0.2, 0.25) is 0 Å². The lowest BCUT2D eigenvalue weighted by atomic mass is 10.1. The molecule has 0 amide bonds. The minimum atomic E-state index is 0.474. The Morgan fingerprint density at radius 1 is 1.29 bits per heavy atom. The lowest BCUT2D eigenvalue weighted by Gasteiger charge is -2.18. The maximum atomic E-state index is 4.28. The zero-order valence-electron chi connectivity index (χ0n) is 13.8. The van der Waals surface area contributed by atoms with Gasteiger partial charge in [-0.25, -0.2) is 4.98 Å². The van der Waals surface area contributed by atoms with Crippen LogP contribution in [0.15, 0.2) is 23.7 Å². The highest BCUT2D eigenvalue weighted by Crippen LogP contribution is 2.05. The summed E-state index contributed by atoms with van der Waals surface area (Å²) in [4.78, 5) is 8.32. The van der Waals surface area contributed by atoms with Crippen LogP contribution < -0.4 is 10.6 Å². The van der Waals surface area contributed by atoms with Crippen molar-refractivity contribution in [2.24, 2.45) is 4.99 Å². The first-order chi connectivity index (χ1) is 10.3. The van der Waals surface area contributed by atoms with Crippen molar-refractivity contribution in [1.29, 1.82) is 0 Å². The van der Waals surface area contributed by atoms with Crippen molar-refractivity contribution in [3.05, 3.63) is 18.7 Å². The Morgan fingerprint density at radius 3 is 2.81 bits per heavy atom. The van der Waals surface area contributed by atoms with Crippen molar-refractivity contribution < 1.29 is 0 Å². The largest absolute Gasteiger partial charge is 0.356 e. The summed E-state index contributed by atoms with van der Waals surface area (Å²) in [6.07, 6.45) is 13.2. The van der Waals surface area contributed by atoms with Crippen LogP contribution in [-0.4, -0.2) is 35.1 Å². The van der Waals surface area contributed by atoms with Gasteiger partial charge in [0.05, 0.1) is 6.33 Å². The standard InChI is InChI=1S/C16H31N5/c1-4-5-6-7-9-15(2)20-16(17-3)19-10-8-12-21-13-11-18-14-21/h11,13-15H,4-10,12H2,1-3H3,(H2,17,19,20). The summed E-state index contributed by atoms with van der Waals surface area (Å²) >= 11 is 0. The van der Waals surface area contributed by atoms with Crippen molar-refractivity contribution in [3.63, 3.8) is 0 Å². The first kappa shape index (κ1) is 17.5. The van der Waals surface area contributed by atoms with Crippen LogP contribution in [0.1, 0.15) is 52.4 Å². The minimum Gasteiger partial charge on any atom is -0.356 e. The van der Waals surface area contributed by atoms with Crippen molar-refractivity contribution in [2.45, 2.75) is 65.0 Å². The summed E-state index contributed by atoms with van der Waals surface area (Å²) in [6, 6.07) is 0.474. The number of hydrogen-bond donors (Lipinski definition) is 2. The molecule has 0 aromatic carbocycles. The molecule has 120 valence electrons. The van der Waals surface area contributed by atoms with Crippen LogP contribution in [0.4, 0.5) is 0 Å². The smallest absolute Gasteiger partial charge is 0.191 e. The van der Waals surface area contributed by atoms with Crippen LogP contribution >= 0.6 is 0 Å². The van der Waals surface area contributed by atoms with Gasteiger partial charge in [0.15, 0.2) is 5.96 Å². The topological polar surface area (TPSA) is 54.2 Å². The van der Waals surface area contributed by atoms with E-state index in [1.165, 1.54) is 32.1 Å². The van der Waals surface area contributed by atoms with Crippen LogP contribution in [-0.2, 0) is 6.54 Å². The first-order valence-corrected chi connectivity index (χ1v) is 8.19. The Morgan fingerprint density at radius 2 is 2.14 bits per heavy atom. The monoisotopic (exact) mass is 293 g/mol. The van der Waals surface area contributed by atoms with Gasteiger partial charge in [-0.05, 0) is 19.8 Å². The Hall–Kier alpha value is -1.52. The number of nitrogens with zero attached hydrogens (tertiary/aromatic N) is 3. The summed E-state index contributed by atoms with van der Waals surface area (Å²) in [5.74, 6) is 0.906. The van der Waals surface area contributed by atoms with Crippen molar-refractivity contribution in [1.82, 2.24) is 20.2 Å². The molecule has 0 bridgehead atoms. The average Bonchev–Trinajstić information content (AvgIpc) is 3.00. The lowest BCUT2D eigenvalue weighted by molar-refractivity contribution is 0.534. The van der Waals surface area contributed by atoms with Crippen molar-refractivity contribution >= 4 is 5.96 Å². The molecule has 0 spiro atoms. The number of aromatic nitrogens is 2. The number of hydrogen-bond acceptors (Lipinski definition) is 2. The zero-order valence-corrected chi connectivity index (χ0v) is 13.8. The van der Waals surface area contributed by atoms with Gasteiger partial charge in [0.1, 0.15) is 0 Å². The van der Waals surface area contributed by atoms with E-state index in [1.807, 2.05) is 25.8 Å². The number of aryl methyl sites for hydroxylation is 1. The third-order valence-electron chi connectivity index (χ3n) is 3.54. The minimum absolute atomic E-state index is 0.474. The third kappa shape index (κ3) is 8.38. The third-order valence-corrected chi connectivity index (χ3v) is 3.54. The lowest BCUT2D eigenvalue weighted by Crippen LogP contribution is -2.42. The van der Waals surface area contributed by atoms with Crippen LogP contribution in [0, 0.1) is 0 Å². The molecule has 0 radical (unpaired) electrons. The number of imidazole rings is 1. The van der Waals surface area contributed by atoms with Gasteiger partial charge < -0.3 is 15.2 Å². The molecule has 21 heavy (non-hydrogen) atoms. The fraction of sp³-hybridized carbons (Fsp3) is 0.750. The maximum Gasteiger partial charge on any atom is 0.191 e. The number of unbranched alkanes of at least 4 members (excludes halogenated alkanes) is 3. The molecule has 0 fully saturated rings. The normalized spacial score (nSPS) is 13.2. The highest BCUT2D eigenvalue weighted by atomic mass is 15.2. The molecule has 1 aromatic rings. The summed E-state index contributed by atoms with van der Waals surface area (Å²) in [5.41, 5.74) is 0. The molecule has 5 nitrogen and oxygen atoms in total. The van der Waals surface area contributed by atoms with Crippen molar-refractivity contribution in [2.75, 3.05) is 13.6 Å². The highest BCUT2D eigenvalue weighted by Gasteiger charge is 2.04. The molecule has 0 saturated carbocycles. The van der Waals surface area contributed by atoms with Gasteiger partial charge in [0, 0.05) is 38.6 Å². The second kappa shape index (κ2) is 11.2. The first-order valence-electron chi connectivity index (χ1n) is 8.19. The predicted octanol–water partition coefficient (Wildman–Crippen LogP) is 2.80. The average molecular weight is 293 g/mol. The van der Waals surface area contributed by atoms with E-state index >= 15 is 0 Å². The molecule has 1 rings (SSSR count). The van der Waals surface area contributed by atoms with Gasteiger partial charge in [0.2, 0.25) is 0 Å². The van der Waals surface area contributed by atoms with E-state index in [2.05, 4.69) is 39.0 Å². The molecule has 1 atom stereocenters. The molecular weight excluding hydrogens is 262 g/mol. The summed E-state index contributed by atoms with van der Waals surface area (Å²) in [6.45, 7) is 6.37. The van der Waals surface area contributed by atoms with E-state index in [1.54, 1.807) is 0 Å². The SMILES string of the molecule is CCCCCCC(C)NC(=NC)NCCCn1ccnc1. The Balaban J connectivity index is 2.10. The zero-order chi connectivity index (χ0) is 15.3. The molecule has 0 aliphatic carbocycles. The van der Waals surface area contributed by atoms with E-state index in [0.29, 0.717) is 6.04 Å². The molecule has 1 unspecified atom stereocenters. The Kier molecular flexibility index (Phi) is 9.33. The Labute approximate surface area is 129 Å². The van der Waals surface area contributed by atoms with Gasteiger partial charge in [-0.15, -0.1) is 0 Å². The molecule has 0 aliphatic heterocycles. The highest BCUT2D eigenvalue weighted by molar-refractivity contribution is 5.79. The van der Waals surface area contributed by atoms with Gasteiger partial charge in [-0.1, -0.05) is 32.6 Å².